The van der Waals surface area contributed by atoms with Gasteiger partial charge in [0.25, 0.3) is 0 Å². The molecular formula is C15H16N2O4. The fourth-order valence-electron chi connectivity index (χ4n) is 2.07. The highest BCUT2D eigenvalue weighted by Gasteiger charge is 2.18. The molecule has 110 valence electrons. The molecular weight excluding hydrogens is 272 g/mol. The number of esters is 1. The second-order valence-electron chi connectivity index (χ2n) is 4.68. The highest BCUT2D eigenvalue weighted by atomic mass is 16.7. The van der Waals surface area contributed by atoms with Crippen molar-refractivity contribution in [1.29, 1.82) is 0 Å². The molecule has 1 aromatic heterocycles. The Labute approximate surface area is 122 Å². The first-order chi connectivity index (χ1) is 10.3. The van der Waals surface area contributed by atoms with Gasteiger partial charge in [-0.3, -0.25) is 0 Å². The van der Waals surface area contributed by atoms with E-state index in [2.05, 4.69) is 5.10 Å². The highest BCUT2D eigenvalue weighted by Crippen LogP contribution is 2.18. The van der Waals surface area contributed by atoms with Crippen LogP contribution in [0.15, 0.2) is 36.4 Å². The van der Waals surface area contributed by atoms with E-state index in [0.29, 0.717) is 19.1 Å². The van der Waals surface area contributed by atoms with E-state index in [9.17, 15) is 4.79 Å². The summed E-state index contributed by atoms with van der Waals surface area (Å²) in [6, 6.07) is 11.3. The van der Waals surface area contributed by atoms with Crippen LogP contribution in [-0.2, 0) is 22.6 Å². The molecule has 6 nitrogen and oxygen atoms in total. The van der Waals surface area contributed by atoms with Gasteiger partial charge in [0, 0.05) is 19.0 Å². The standard InChI is InChI=1S/C15H16N2O4/c18-15(13-9-14-17(16-13)7-4-8-20-14)21-11-19-10-12-5-2-1-3-6-12/h1-3,5-6,9H,4,7-8,10-11H2. The highest BCUT2D eigenvalue weighted by molar-refractivity contribution is 5.87. The molecule has 0 saturated heterocycles. The van der Waals surface area contributed by atoms with Crippen LogP contribution in [0.5, 0.6) is 5.88 Å². The van der Waals surface area contributed by atoms with Crippen molar-refractivity contribution < 1.29 is 19.0 Å². The zero-order chi connectivity index (χ0) is 14.5. The minimum atomic E-state index is -0.506. The van der Waals surface area contributed by atoms with Gasteiger partial charge in [-0.05, 0) is 5.56 Å². The van der Waals surface area contributed by atoms with Crippen molar-refractivity contribution in [2.75, 3.05) is 13.4 Å². The first-order valence-electron chi connectivity index (χ1n) is 6.82. The topological polar surface area (TPSA) is 62.6 Å². The molecule has 0 fully saturated rings. The molecule has 1 aliphatic heterocycles. The number of nitrogens with zero attached hydrogens (tertiary/aromatic N) is 2. The molecule has 0 radical (unpaired) electrons. The molecule has 0 saturated carbocycles. The SMILES string of the molecule is O=C(OCOCc1ccccc1)c1cc2n(n1)CCCO2. The molecule has 0 unspecified atom stereocenters. The van der Waals surface area contributed by atoms with Crippen LogP contribution < -0.4 is 4.74 Å². The van der Waals surface area contributed by atoms with Crippen molar-refractivity contribution in [3.05, 3.63) is 47.7 Å². The van der Waals surface area contributed by atoms with E-state index in [-0.39, 0.29) is 12.5 Å². The molecule has 0 spiro atoms. The number of aryl methyl sites for hydroxylation is 1. The number of aromatic nitrogens is 2. The summed E-state index contributed by atoms with van der Waals surface area (Å²) >= 11 is 0. The molecule has 0 atom stereocenters. The van der Waals surface area contributed by atoms with Gasteiger partial charge in [-0.15, -0.1) is 0 Å². The van der Waals surface area contributed by atoms with Gasteiger partial charge in [-0.2, -0.15) is 5.10 Å². The average Bonchev–Trinajstić information content (AvgIpc) is 2.96. The molecule has 0 bridgehead atoms. The summed E-state index contributed by atoms with van der Waals surface area (Å²) in [6.45, 7) is 1.71. The summed E-state index contributed by atoms with van der Waals surface area (Å²) in [5.41, 5.74) is 1.27. The van der Waals surface area contributed by atoms with Crippen LogP contribution in [0.4, 0.5) is 0 Å². The molecule has 3 rings (SSSR count). The summed E-state index contributed by atoms with van der Waals surface area (Å²) in [4.78, 5) is 11.8. The van der Waals surface area contributed by atoms with Gasteiger partial charge in [-0.1, -0.05) is 30.3 Å². The number of hydrogen-bond acceptors (Lipinski definition) is 5. The number of carbonyl (C=O) groups is 1. The summed E-state index contributed by atoms with van der Waals surface area (Å²) < 4.78 is 17.4. The van der Waals surface area contributed by atoms with E-state index in [1.807, 2.05) is 30.3 Å². The molecule has 0 aliphatic carbocycles. The third kappa shape index (κ3) is 3.41. The second-order valence-corrected chi connectivity index (χ2v) is 4.68. The Balaban J connectivity index is 1.47. The van der Waals surface area contributed by atoms with E-state index in [1.54, 1.807) is 10.7 Å². The third-order valence-corrected chi connectivity index (χ3v) is 3.10. The van der Waals surface area contributed by atoms with Crippen LogP contribution in [0, 0.1) is 0 Å². The van der Waals surface area contributed by atoms with E-state index >= 15 is 0 Å². The maximum absolute atomic E-state index is 11.8. The molecule has 21 heavy (non-hydrogen) atoms. The van der Waals surface area contributed by atoms with Crippen molar-refractivity contribution in [3.63, 3.8) is 0 Å². The number of hydrogen-bond donors (Lipinski definition) is 0. The summed E-state index contributed by atoms with van der Waals surface area (Å²) in [7, 11) is 0. The molecule has 6 heteroatoms. The van der Waals surface area contributed by atoms with Crippen LogP contribution in [-0.4, -0.2) is 29.1 Å². The Bertz CT molecular complexity index is 586. The van der Waals surface area contributed by atoms with Gasteiger partial charge >= 0.3 is 5.97 Å². The predicted molar refractivity (Wildman–Crippen MR) is 73.9 cm³/mol. The Kier molecular flexibility index (Phi) is 4.16. The Morgan fingerprint density at radius 2 is 2.19 bits per heavy atom. The van der Waals surface area contributed by atoms with Crippen LogP contribution in [0.2, 0.25) is 0 Å². The Hall–Kier alpha value is -2.34. The van der Waals surface area contributed by atoms with Gasteiger partial charge in [0.05, 0.1) is 13.2 Å². The minimum Gasteiger partial charge on any atom is -0.478 e. The van der Waals surface area contributed by atoms with Crippen LogP contribution in [0.25, 0.3) is 0 Å². The van der Waals surface area contributed by atoms with Crippen molar-refractivity contribution in [1.82, 2.24) is 9.78 Å². The lowest BCUT2D eigenvalue weighted by Gasteiger charge is -2.13. The fourth-order valence-corrected chi connectivity index (χ4v) is 2.07. The molecule has 0 N–H and O–H groups in total. The van der Waals surface area contributed by atoms with Crippen LogP contribution in [0.1, 0.15) is 22.5 Å². The lowest BCUT2D eigenvalue weighted by Crippen LogP contribution is -2.15. The molecule has 1 aromatic carbocycles. The van der Waals surface area contributed by atoms with Gasteiger partial charge in [0.2, 0.25) is 5.88 Å². The average molecular weight is 288 g/mol. The normalized spacial score (nSPS) is 13.3. The van der Waals surface area contributed by atoms with Gasteiger partial charge in [0.1, 0.15) is 0 Å². The van der Waals surface area contributed by atoms with Gasteiger partial charge in [0.15, 0.2) is 12.5 Å². The minimum absolute atomic E-state index is 0.100. The number of ether oxygens (including phenoxy) is 3. The second kappa shape index (κ2) is 6.41. The lowest BCUT2D eigenvalue weighted by atomic mass is 10.2. The summed E-state index contributed by atoms with van der Waals surface area (Å²) in [5.74, 6) is 0.104. The first kappa shape index (κ1) is 13.6. The Morgan fingerprint density at radius 1 is 1.33 bits per heavy atom. The summed E-state index contributed by atoms with van der Waals surface area (Å²) in [5, 5.41) is 4.15. The first-order valence-corrected chi connectivity index (χ1v) is 6.82. The van der Waals surface area contributed by atoms with E-state index < -0.39 is 5.97 Å². The number of benzene rings is 1. The fraction of sp³-hybridized carbons (Fsp3) is 0.333. The number of carbonyl (C=O) groups excluding carboxylic acids is 1. The zero-order valence-corrected chi connectivity index (χ0v) is 11.5. The van der Waals surface area contributed by atoms with E-state index in [0.717, 1.165) is 18.5 Å². The number of fused-ring (bicyclic) bond motifs is 1. The molecule has 1 aliphatic rings. The van der Waals surface area contributed by atoms with Crippen LogP contribution in [0.3, 0.4) is 0 Å². The monoisotopic (exact) mass is 288 g/mol. The quantitative estimate of drug-likeness (QED) is 0.478. The lowest BCUT2D eigenvalue weighted by molar-refractivity contribution is -0.0385. The largest absolute Gasteiger partial charge is 0.478 e. The van der Waals surface area contributed by atoms with Crippen molar-refractivity contribution >= 4 is 5.97 Å². The van der Waals surface area contributed by atoms with Gasteiger partial charge in [-0.25, -0.2) is 9.48 Å². The van der Waals surface area contributed by atoms with Crippen molar-refractivity contribution in [2.45, 2.75) is 19.6 Å². The third-order valence-electron chi connectivity index (χ3n) is 3.10. The molecule has 2 heterocycles. The maximum atomic E-state index is 11.8. The predicted octanol–water partition coefficient (Wildman–Crippen LogP) is 2.00. The zero-order valence-electron chi connectivity index (χ0n) is 11.5. The van der Waals surface area contributed by atoms with Crippen LogP contribution >= 0.6 is 0 Å². The smallest absolute Gasteiger partial charge is 0.361 e. The van der Waals surface area contributed by atoms with Gasteiger partial charge < -0.3 is 14.2 Å². The van der Waals surface area contributed by atoms with Crippen molar-refractivity contribution in [3.8, 4) is 5.88 Å². The molecule has 2 aromatic rings. The Morgan fingerprint density at radius 3 is 3.00 bits per heavy atom. The van der Waals surface area contributed by atoms with E-state index in [1.165, 1.54) is 0 Å². The van der Waals surface area contributed by atoms with E-state index in [4.69, 9.17) is 14.2 Å². The summed E-state index contributed by atoms with van der Waals surface area (Å²) in [6.07, 6.45) is 0.892. The molecule has 0 amide bonds. The van der Waals surface area contributed by atoms with Crippen molar-refractivity contribution in [2.24, 2.45) is 0 Å². The maximum Gasteiger partial charge on any atom is 0.361 e. The number of rotatable bonds is 5.